The van der Waals surface area contributed by atoms with Crippen LogP contribution in [0, 0.1) is 11.7 Å². The van der Waals surface area contributed by atoms with Crippen LogP contribution >= 0.6 is 0 Å². The van der Waals surface area contributed by atoms with Gasteiger partial charge in [-0.1, -0.05) is 6.92 Å². The molecule has 4 rings (SSSR count). The zero-order chi connectivity index (χ0) is 27.8. The molecule has 3 N–H and O–H groups in total. The number of anilines is 2. The maximum absolute atomic E-state index is 14.0. The average molecular weight is 572 g/mol. The monoisotopic (exact) mass is 571 g/mol. The highest BCUT2D eigenvalue weighted by molar-refractivity contribution is 7.92. The fraction of sp³-hybridized carbons (Fsp3) is 0.391. The predicted molar refractivity (Wildman–Crippen MR) is 134 cm³/mol. The Bertz CT molecular complexity index is 1480. The molecule has 1 fully saturated rings. The number of fused-ring (bicyclic) bond motifs is 1. The minimum Gasteiger partial charge on any atom is -0.494 e. The van der Waals surface area contributed by atoms with Crippen molar-refractivity contribution in [2.45, 2.75) is 42.4 Å². The van der Waals surface area contributed by atoms with E-state index >= 15 is 0 Å². The summed E-state index contributed by atoms with van der Waals surface area (Å²) in [6.45, 7) is 1.21. The number of carbonyl (C=O) groups is 2. The molecule has 0 radical (unpaired) electrons. The second-order valence-electron chi connectivity index (χ2n) is 9.03. The Morgan fingerprint density at radius 1 is 1.18 bits per heavy atom. The summed E-state index contributed by atoms with van der Waals surface area (Å²) < 4.78 is 79.6. The Morgan fingerprint density at radius 3 is 2.53 bits per heavy atom. The predicted octanol–water partition coefficient (Wildman–Crippen LogP) is 2.52. The average Bonchev–Trinajstić information content (AvgIpc) is 3.69. The molecular formula is C23H26FN3O9S2. The van der Waals surface area contributed by atoms with Crippen LogP contribution in [0.4, 0.5) is 20.6 Å². The molecule has 12 nitrogen and oxygen atoms in total. The summed E-state index contributed by atoms with van der Waals surface area (Å²) in [6, 6.07) is 7.06. The molecule has 0 bridgehead atoms. The van der Waals surface area contributed by atoms with Crippen molar-refractivity contribution >= 4 is 43.4 Å². The molecule has 0 aromatic heterocycles. The van der Waals surface area contributed by atoms with Crippen molar-refractivity contribution in [3.63, 3.8) is 0 Å². The molecule has 2 aromatic carbocycles. The van der Waals surface area contributed by atoms with Crippen molar-refractivity contribution in [2.75, 3.05) is 23.3 Å². The van der Waals surface area contributed by atoms with E-state index in [1.54, 1.807) is 0 Å². The number of methoxy groups -OCH3 is 1. The Morgan fingerprint density at radius 2 is 1.89 bits per heavy atom. The van der Waals surface area contributed by atoms with Gasteiger partial charge in [0.25, 0.3) is 10.0 Å². The van der Waals surface area contributed by atoms with Gasteiger partial charge in [0.1, 0.15) is 11.9 Å². The topological polar surface area (TPSA) is 168 Å². The molecule has 1 aliphatic carbocycles. The second kappa shape index (κ2) is 10.3. The van der Waals surface area contributed by atoms with Gasteiger partial charge in [-0.15, -0.1) is 0 Å². The van der Waals surface area contributed by atoms with E-state index in [1.165, 1.54) is 32.2 Å². The van der Waals surface area contributed by atoms with Gasteiger partial charge in [0.15, 0.2) is 11.6 Å². The molecule has 1 heterocycles. The quantitative estimate of drug-likeness (QED) is 0.409. The van der Waals surface area contributed by atoms with Crippen molar-refractivity contribution in [2.24, 2.45) is 5.92 Å². The Balaban J connectivity index is 1.65. The van der Waals surface area contributed by atoms with E-state index in [9.17, 15) is 30.8 Å². The van der Waals surface area contributed by atoms with E-state index in [2.05, 4.69) is 10.0 Å². The fourth-order valence-corrected chi connectivity index (χ4v) is 6.91. The second-order valence-corrected chi connectivity index (χ2v) is 12.9. The number of benzene rings is 2. The van der Waals surface area contributed by atoms with E-state index in [0.717, 1.165) is 22.5 Å². The number of rotatable bonds is 9. The molecule has 2 aliphatic rings. The van der Waals surface area contributed by atoms with Gasteiger partial charge in [-0.3, -0.25) is 19.1 Å². The number of halogens is 1. The van der Waals surface area contributed by atoms with Crippen LogP contribution in [0.25, 0.3) is 0 Å². The first-order valence-corrected chi connectivity index (χ1v) is 14.5. The summed E-state index contributed by atoms with van der Waals surface area (Å²) in [4.78, 5) is 23.4. The number of ether oxygens (including phenoxy) is 2. The number of carbonyl (C=O) groups excluding carboxylic acids is 1. The summed E-state index contributed by atoms with van der Waals surface area (Å²) in [7, 11) is -6.93. The van der Waals surface area contributed by atoms with Crippen LogP contribution in [0.3, 0.4) is 0 Å². The minimum absolute atomic E-state index is 0.0178. The standard InChI is InChI=1S/C23H26FN3O9S2/c1-13(22(28)26-37(31,32)16-4-5-16)9-15-12-27(19-10-14(25-23(29)30)3-8-20(19)36-15)38(33,34)17-6-7-18(24)21(11-17)35-2/h3,6-8,10-11,13,15-16,25H,4-5,9,12H2,1-2H3,(H,26,28)(H,29,30). The molecule has 1 saturated carbocycles. The SMILES string of the molecule is COc1cc(S(=O)(=O)N2CC(CC(C)C(=O)NS(=O)(=O)C3CC3)Oc3ccc(NC(=O)O)cc32)ccc1F. The Hall–Kier alpha value is -3.59. The third-order valence-electron chi connectivity index (χ3n) is 6.12. The van der Waals surface area contributed by atoms with Gasteiger partial charge < -0.3 is 14.6 Å². The lowest BCUT2D eigenvalue weighted by Gasteiger charge is -2.36. The Labute approximate surface area is 218 Å². The van der Waals surface area contributed by atoms with E-state index in [0.29, 0.717) is 12.8 Å². The van der Waals surface area contributed by atoms with Crippen LogP contribution in [0.15, 0.2) is 41.3 Å². The van der Waals surface area contributed by atoms with E-state index in [1.807, 2.05) is 0 Å². The first-order chi connectivity index (χ1) is 17.8. The number of hydrogen-bond donors (Lipinski definition) is 3. The van der Waals surface area contributed by atoms with Gasteiger partial charge in [0.05, 0.1) is 29.5 Å². The van der Waals surface area contributed by atoms with Gasteiger partial charge >= 0.3 is 6.09 Å². The fourth-order valence-electron chi connectivity index (χ4n) is 4.00. The minimum atomic E-state index is -4.36. The zero-order valence-electron chi connectivity index (χ0n) is 20.4. The number of amides is 2. The summed E-state index contributed by atoms with van der Waals surface area (Å²) in [5, 5.41) is 10.6. The third kappa shape index (κ3) is 5.78. The summed E-state index contributed by atoms with van der Waals surface area (Å²) in [5.41, 5.74) is 0.0948. The molecule has 2 amide bonds. The molecule has 1 aliphatic heterocycles. The number of hydrogen-bond acceptors (Lipinski definition) is 8. The molecular weight excluding hydrogens is 545 g/mol. The number of carboxylic acid groups (broad SMARTS) is 1. The van der Waals surface area contributed by atoms with E-state index < -0.39 is 55.1 Å². The maximum Gasteiger partial charge on any atom is 0.409 e. The van der Waals surface area contributed by atoms with Crippen molar-refractivity contribution in [3.05, 3.63) is 42.2 Å². The van der Waals surface area contributed by atoms with Crippen molar-refractivity contribution in [1.29, 1.82) is 0 Å². The van der Waals surface area contributed by atoms with Crippen molar-refractivity contribution in [3.8, 4) is 11.5 Å². The highest BCUT2D eigenvalue weighted by Crippen LogP contribution is 2.40. The first-order valence-electron chi connectivity index (χ1n) is 11.5. The molecule has 2 aromatic rings. The smallest absolute Gasteiger partial charge is 0.409 e. The lowest BCUT2D eigenvalue weighted by Crippen LogP contribution is -2.45. The summed E-state index contributed by atoms with van der Waals surface area (Å²) in [6.07, 6.45) is -1.29. The van der Waals surface area contributed by atoms with Crippen LogP contribution in [0.5, 0.6) is 11.5 Å². The molecule has 0 saturated heterocycles. The van der Waals surface area contributed by atoms with Gasteiger partial charge in [-0.25, -0.2) is 26.0 Å². The third-order valence-corrected chi connectivity index (χ3v) is 9.73. The summed E-state index contributed by atoms with van der Waals surface area (Å²) >= 11 is 0. The van der Waals surface area contributed by atoms with Crippen LogP contribution < -0.4 is 23.8 Å². The van der Waals surface area contributed by atoms with Crippen molar-refractivity contribution < 1.29 is 45.4 Å². The molecule has 15 heteroatoms. The molecule has 2 atom stereocenters. The van der Waals surface area contributed by atoms with Gasteiger partial charge in [0.2, 0.25) is 15.9 Å². The van der Waals surface area contributed by atoms with Crippen LogP contribution in [-0.4, -0.2) is 59.0 Å². The first kappa shape index (κ1) is 27.4. The van der Waals surface area contributed by atoms with Crippen LogP contribution in [0.1, 0.15) is 26.2 Å². The Kier molecular flexibility index (Phi) is 7.43. The largest absolute Gasteiger partial charge is 0.494 e. The molecule has 2 unspecified atom stereocenters. The van der Waals surface area contributed by atoms with Gasteiger partial charge in [-0.05, 0) is 49.6 Å². The lowest BCUT2D eigenvalue weighted by atomic mass is 10.0. The van der Waals surface area contributed by atoms with E-state index in [-0.39, 0.29) is 40.7 Å². The number of nitrogens with one attached hydrogen (secondary N) is 2. The van der Waals surface area contributed by atoms with Crippen LogP contribution in [-0.2, 0) is 24.8 Å². The van der Waals surface area contributed by atoms with Crippen molar-refractivity contribution in [1.82, 2.24) is 4.72 Å². The molecule has 0 spiro atoms. The van der Waals surface area contributed by atoms with Gasteiger partial charge in [0, 0.05) is 17.7 Å². The summed E-state index contributed by atoms with van der Waals surface area (Å²) in [5.74, 6) is -2.54. The molecule has 206 valence electrons. The number of sulfonamides is 2. The zero-order valence-corrected chi connectivity index (χ0v) is 22.0. The molecule has 38 heavy (non-hydrogen) atoms. The maximum atomic E-state index is 14.0. The van der Waals surface area contributed by atoms with Gasteiger partial charge in [-0.2, -0.15) is 0 Å². The number of nitrogens with zero attached hydrogens (tertiary/aromatic N) is 1. The van der Waals surface area contributed by atoms with E-state index in [4.69, 9.17) is 14.6 Å². The highest BCUT2D eigenvalue weighted by atomic mass is 32.2. The normalized spacial score (nSPS) is 18.1. The lowest BCUT2D eigenvalue weighted by molar-refractivity contribution is -0.123. The highest BCUT2D eigenvalue weighted by Gasteiger charge is 2.39. The van der Waals surface area contributed by atoms with Crippen LogP contribution in [0.2, 0.25) is 0 Å².